The Balaban J connectivity index is 1.14. The molecule has 55 heavy (non-hydrogen) atoms. The topological polar surface area (TPSA) is 14.8 Å². The average molecular weight is 706 g/mol. The van der Waals surface area contributed by atoms with Gasteiger partial charge in [0.25, 0.3) is 0 Å². The van der Waals surface area contributed by atoms with Gasteiger partial charge in [-0.2, -0.15) is 0 Å². The first-order valence-corrected chi connectivity index (χ1v) is 19.2. The van der Waals surface area contributed by atoms with E-state index >= 15 is 0 Å². The van der Waals surface area contributed by atoms with Crippen LogP contribution in [0, 0.1) is 0 Å². The summed E-state index contributed by atoms with van der Waals surface area (Å²) < 4.78 is 7.28. The summed E-state index contributed by atoms with van der Waals surface area (Å²) in [5.41, 5.74) is 14.6. The fraction of sp³-hybridized carbons (Fsp3) is 0.0769. The van der Waals surface area contributed by atoms with Crippen LogP contribution in [0.2, 0.25) is 0 Å². The van der Waals surface area contributed by atoms with Gasteiger partial charge in [0.05, 0.1) is 33.1 Å². The Labute approximate surface area is 319 Å². The largest absolute Gasteiger partial charge is 0.309 e. The normalized spacial score (nSPS) is 12.3. The maximum absolute atomic E-state index is 2.46. The number of fused-ring (bicyclic) bond motifs is 9. The molecule has 0 N–H and O–H groups in total. The number of para-hydroxylation sites is 3. The lowest BCUT2D eigenvalue weighted by Crippen LogP contribution is -2.10. The van der Waals surface area contributed by atoms with Crippen LogP contribution in [0.25, 0.3) is 93.6 Å². The molecule has 262 valence electrons. The van der Waals surface area contributed by atoms with Crippen molar-refractivity contribution in [2.24, 2.45) is 0 Å². The molecule has 11 aromatic rings. The van der Waals surface area contributed by atoms with Crippen molar-refractivity contribution < 1.29 is 0 Å². The summed E-state index contributed by atoms with van der Waals surface area (Å²) in [6.07, 6.45) is 0. The molecule has 0 atom stereocenters. The molecule has 0 aliphatic carbocycles. The molecule has 0 radical (unpaired) electrons. The van der Waals surface area contributed by atoms with Gasteiger partial charge < -0.3 is 13.7 Å². The van der Waals surface area contributed by atoms with E-state index in [1.54, 1.807) is 0 Å². The predicted molar refractivity (Wildman–Crippen MR) is 234 cm³/mol. The van der Waals surface area contributed by atoms with Crippen LogP contribution in [0.5, 0.6) is 0 Å². The molecule has 0 saturated carbocycles. The summed E-state index contributed by atoms with van der Waals surface area (Å²) in [6.45, 7) is 6.89. The molecular weight excluding hydrogens is 667 g/mol. The zero-order chi connectivity index (χ0) is 36.8. The maximum Gasteiger partial charge on any atom is 0.0542 e. The van der Waals surface area contributed by atoms with Gasteiger partial charge in [-0.25, -0.2) is 0 Å². The molecule has 8 aromatic carbocycles. The van der Waals surface area contributed by atoms with Crippen LogP contribution >= 0.6 is 0 Å². The van der Waals surface area contributed by atoms with Crippen LogP contribution in [0.3, 0.4) is 0 Å². The van der Waals surface area contributed by atoms with E-state index in [2.05, 4.69) is 216 Å². The van der Waals surface area contributed by atoms with Crippen LogP contribution in [0.4, 0.5) is 0 Å². The first kappa shape index (κ1) is 31.7. The zero-order valence-corrected chi connectivity index (χ0v) is 31.2. The number of benzene rings is 8. The predicted octanol–water partition coefficient (Wildman–Crippen LogP) is 13.9. The first-order chi connectivity index (χ1) is 26.9. The second kappa shape index (κ2) is 11.8. The molecule has 0 unspecified atom stereocenters. The number of rotatable bonds is 4. The summed E-state index contributed by atoms with van der Waals surface area (Å²) in [6, 6.07) is 67.0. The van der Waals surface area contributed by atoms with Gasteiger partial charge in [-0.05, 0) is 107 Å². The van der Waals surface area contributed by atoms with Gasteiger partial charge in [0.15, 0.2) is 0 Å². The van der Waals surface area contributed by atoms with E-state index in [9.17, 15) is 0 Å². The summed E-state index contributed by atoms with van der Waals surface area (Å²) in [5.74, 6) is 0. The van der Waals surface area contributed by atoms with Crippen molar-refractivity contribution in [2.45, 2.75) is 26.2 Å². The van der Waals surface area contributed by atoms with Crippen molar-refractivity contribution >= 4 is 65.4 Å². The minimum absolute atomic E-state index is 0.0415. The van der Waals surface area contributed by atoms with Gasteiger partial charge in [0, 0.05) is 49.4 Å². The Morgan fingerprint density at radius 3 is 1.27 bits per heavy atom. The van der Waals surface area contributed by atoms with Crippen molar-refractivity contribution in [2.75, 3.05) is 0 Å². The smallest absolute Gasteiger partial charge is 0.0542 e. The summed E-state index contributed by atoms with van der Waals surface area (Å²) in [7, 11) is 0. The van der Waals surface area contributed by atoms with Crippen molar-refractivity contribution in [3.05, 3.63) is 188 Å². The van der Waals surface area contributed by atoms with E-state index in [0.717, 1.165) is 11.4 Å². The van der Waals surface area contributed by atoms with Crippen LogP contribution in [0.1, 0.15) is 26.3 Å². The van der Waals surface area contributed by atoms with E-state index < -0.39 is 0 Å². The van der Waals surface area contributed by atoms with Crippen molar-refractivity contribution in [3.8, 4) is 28.2 Å². The second-order valence-electron chi connectivity index (χ2n) is 15.9. The zero-order valence-electron chi connectivity index (χ0n) is 31.2. The van der Waals surface area contributed by atoms with Gasteiger partial charge >= 0.3 is 0 Å². The van der Waals surface area contributed by atoms with Gasteiger partial charge in [-0.1, -0.05) is 118 Å². The summed E-state index contributed by atoms with van der Waals surface area (Å²) in [5, 5.41) is 7.53. The van der Waals surface area contributed by atoms with Gasteiger partial charge in [0.2, 0.25) is 0 Å². The molecule has 3 heteroatoms. The molecule has 0 bridgehead atoms. The van der Waals surface area contributed by atoms with E-state index in [-0.39, 0.29) is 5.41 Å². The highest BCUT2D eigenvalue weighted by Gasteiger charge is 2.21. The summed E-state index contributed by atoms with van der Waals surface area (Å²) >= 11 is 0. The van der Waals surface area contributed by atoms with Crippen molar-refractivity contribution in [3.63, 3.8) is 0 Å². The van der Waals surface area contributed by atoms with Crippen molar-refractivity contribution in [1.29, 1.82) is 0 Å². The SMILES string of the molecule is CC(C)(C)c1ccc2c(c1)c1cc(-c3ccccc3)ccc1n2-c1ccc2c(c1)c1ccccc1n2-c1ccc2c(c1)c1ccccc1n2-c1ccccc1. The molecular formula is C52H39N3. The van der Waals surface area contributed by atoms with Gasteiger partial charge in [-0.15, -0.1) is 0 Å². The van der Waals surface area contributed by atoms with Crippen LogP contribution in [0.15, 0.2) is 182 Å². The van der Waals surface area contributed by atoms with Crippen LogP contribution in [-0.2, 0) is 5.41 Å². The fourth-order valence-corrected chi connectivity index (χ4v) is 8.91. The van der Waals surface area contributed by atoms with E-state index in [0.29, 0.717) is 0 Å². The Kier molecular flexibility index (Phi) is 6.81. The maximum atomic E-state index is 2.46. The lowest BCUT2D eigenvalue weighted by Gasteiger charge is -2.19. The molecule has 0 fully saturated rings. The Bertz CT molecular complexity index is 3280. The average Bonchev–Trinajstić information content (AvgIpc) is 3.85. The fourth-order valence-electron chi connectivity index (χ4n) is 8.91. The van der Waals surface area contributed by atoms with E-state index in [1.165, 1.54) is 87.8 Å². The lowest BCUT2D eigenvalue weighted by atomic mass is 9.86. The lowest BCUT2D eigenvalue weighted by molar-refractivity contribution is 0.591. The number of hydrogen-bond donors (Lipinski definition) is 0. The Hall–Kier alpha value is -6.84. The Morgan fingerprint density at radius 2 is 0.709 bits per heavy atom. The first-order valence-electron chi connectivity index (χ1n) is 19.2. The molecule has 11 rings (SSSR count). The molecule has 0 amide bonds. The molecule has 3 heterocycles. The monoisotopic (exact) mass is 705 g/mol. The number of hydrogen-bond acceptors (Lipinski definition) is 0. The Morgan fingerprint density at radius 1 is 0.291 bits per heavy atom. The third-order valence-corrected chi connectivity index (χ3v) is 11.6. The highest BCUT2D eigenvalue weighted by molar-refractivity contribution is 6.14. The second-order valence-corrected chi connectivity index (χ2v) is 15.9. The van der Waals surface area contributed by atoms with Gasteiger partial charge in [0.1, 0.15) is 0 Å². The third-order valence-electron chi connectivity index (χ3n) is 11.6. The molecule has 0 saturated heterocycles. The molecule has 0 aliphatic rings. The molecule has 0 spiro atoms. The highest BCUT2D eigenvalue weighted by Crippen LogP contribution is 2.41. The van der Waals surface area contributed by atoms with Crippen LogP contribution < -0.4 is 0 Å². The van der Waals surface area contributed by atoms with E-state index in [1.807, 2.05) is 0 Å². The number of aromatic nitrogens is 3. The van der Waals surface area contributed by atoms with Crippen molar-refractivity contribution in [1.82, 2.24) is 13.7 Å². The van der Waals surface area contributed by atoms with Gasteiger partial charge in [-0.3, -0.25) is 0 Å². The van der Waals surface area contributed by atoms with E-state index in [4.69, 9.17) is 0 Å². The minimum Gasteiger partial charge on any atom is -0.309 e. The number of nitrogens with zero attached hydrogens (tertiary/aromatic N) is 3. The van der Waals surface area contributed by atoms with Crippen LogP contribution in [-0.4, -0.2) is 13.7 Å². The third kappa shape index (κ3) is 4.83. The molecule has 3 nitrogen and oxygen atoms in total. The minimum atomic E-state index is 0.0415. The highest BCUT2D eigenvalue weighted by atomic mass is 15.0. The standard InChI is InChI=1S/C52H39N3/c1-52(2,3)36-23-27-49-43(31-36)42-30-35(34-14-6-4-7-15-34)22-26-48(42)55(49)39-25-29-51-45(33-39)41-19-11-13-21-47(41)54(51)38-24-28-50-44(32-38)40-18-10-12-20-46(40)53(50)37-16-8-5-9-17-37/h4-33H,1-3H3. The molecule has 3 aromatic heterocycles. The summed E-state index contributed by atoms with van der Waals surface area (Å²) in [4.78, 5) is 0. The molecule has 0 aliphatic heterocycles. The quantitative estimate of drug-likeness (QED) is 0.173.